The summed E-state index contributed by atoms with van der Waals surface area (Å²) >= 11 is 12.1. The minimum atomic E-state index is -0.451. The highest BCUT2D eigenvalue weighted by molar-refractivity contribution is 6.44. The average Bonchev–Trinajstić information content (AvgIpc) is 3.45. The summed E-state index contributed by atoms with van der Waals surface area (Å²) < 4.78 is 0. The third kappa shape index (κ3) is 5.01. The maximum absolute atomic E-state index is 12.5. The Morgan fingerprint density at radius 2 is 1.66 bits per heavy atom. The molecule has 1 aromatic heterocycles. The van der Waals surface area contributed by atoms with Crippen molar-refractivity contribution in [3.8, 4) is 0 Å². The quantitative estimate of drug-likeness (QED) is 0.186. The van der Waals surface area contributed by atoms with Crippen LogP contribution in [0.3, 0.4) is 0 Å². The van der Waals surface area contributed by atoms with Gasteiger partial charge in [-0.05, 0) is 60.7 Å². The van der Waals surface area contributed by atoms with E-state index in [2.05, 4.69) is 26.3 Å². The lowest BCUT2D eigenvalue weighted by Gasteiger charge is -2.12. The predicted molar refractivity (Wildman–Crippen MR) is 143 cm³/mol. The zero-order valence-corrected chi connectivity index (χ0v) is 19.7. The molecular formula is C26H19Cl2N5O2. The molecular weight excluding hydrogens is 485 g/mol. The van der Waals surface area contributed by atoms with E-state index in [9.17, 15) is 9.59 Å². The molecule has 0 saturated heterocycles. The second-order valence-electron chi connectivity index (χ2n) is 7.78. The Kier molecular flexibility index (Phi) is 6.18. The Labute approximate surface area is 211 Å². The van der Waals surface area contributed by atoms with Crippen LogP contribution in [-0.2, 0) is 4.79 Å². The number of benzene rings is 3. The number of rotatable bonds is 5. The van der Waals surface area contributed by atoms with Crippen LogP contribution in [0.15, 0.2) is 79.0 Å². The largest absolute Gasteiger partial charge is 0.362 e. The Hall–Kier alpha value is -4.20. The van der Waals surface area contributed by atoms with E-state index in [1.165, 1.54) is 0 Å². The van der Waals surface area contributed by atoms with Crippen LogP contribution in [0.4, 0.5) is 33.2 Å². The molecule has 7 nitrogen and oxygen atoms in total. The standard InChI is InChI=1S/C26H19Cl2N5O2/c27-21-7-2-8-22(24(21)28)33-26(35)31-17-5-1-4-16(12-17)30-18-9-10-19-20(13-15-6-3-11-29-15)25(34)32-23(19)14-18/h1-14,29-30H,(H,32,34)(H2,31,33,35). The summed E-state index contributed by atoms with van der Waals surface area (Å²) in [7, 11) is 0. The van der Waals surface area contributed by atoms with E-state index >= 15 is 0 Å². The van der Waals surface area contributed by atoms with Crippen LogP contribution in [-0.4, -0.2) is 16.9 Å². The summed E-state index contributed by atoms with van der Waals surface area (Å²) in [6.07, 6.45) is 3.64. The number of aromatic amines is 1. The highest BCUT2D eigenvalue weighted by Gasteiger charge is 2.24. The first-order chi connectivity index (χ1) is 17.0. The predicted octanol–water partition coefficient (Wildman–Crippen LogP) is 7.20. The SMILES string of the molecule is O=C(Nc1cccc(Nc2ccc3c(c2)NC(=O)C3=Cc2ccc[nH]2)c1)Nc1cccc(Cl)c1Cl. The number of urea groups is 1. The van der Waals surface area contributed by atoms with E-state index in [0.29, 0.717) is 22.0 Å². The van der Waals surface area contributed by atoms with Gasteiger partial charge in [-0.3, -0.25) is 4.79 Å². The molecule has 1 aliphatic heterocycles. The molecule has 5 N–H and O–H groups in total. The fourth-order valence-corrected chi connectivity index (χ4v) is 4.08. The molecule has 2 heterocycles. The van der Waals surface area contributed by atoms with Gasteiger partial charge in [-0.15, -0.1) is 0 Å². The molecule has 4 aromatic rings. The molecule has 0 saturated carbocycles. The summed E-state index contributed by atoms with van der Waals surface area (Å²) in [5.41, 5.74) is 5.56. The summed E-state index contributed by atoms with van der Waals surface area (Å²) in [6, 6.07) is 21.3. The lowest BCUT2D eigenvalue weighted by Crippen LogP contribution is -2.19. The molecule has 0 radical (unpaired) electrons. The molecule has 0 unspecified atom stereocenters. The van der Waals surface area contributed by atoms with Crippen LogP contribution in [0.2, 0.25) is 10.0 Å². The van der Waals surface area contributed by atoms with Crippen molar-refractivity contribution < 1.29 is 9.59 Å². The first kappa shape index (κ1) is 22.6. The number of fused-ring (bicyclic) bond motifs is 1. The minimum absolute atomic E-state index is 0.149. The maximum atomic E-state index is 12.5. The lowest BCUT2D eigenvalue weighted by molar-refractivity contribution is -0.110. The summed E-state index contributed by atoms with van der Waals surface area (Å²) in [5.74, 6) is -0.149. The van der Waals surface area contributed by atoms with Gasteiger partial charge in [-0.2, -0.15) is 0 Å². The van der Waals surface area contributed by atoms with Gasteiger partial charge in [0.2, 0.25) is 0 Å². The third-order valence-electron chi connectivity index (χ3n) is 5.33. The van der Waals surface area contributed by atoms with Crippen molar-refractivity contribution in [3.05, 3.63) is 100 Å². The van der Waals surface area contributed by atoms with Crippen LogP contribution in [0, 0.1) is 0 Å². The van der Waals surface area contributed by atoms with Gasteiger partial charge in [-0.25, -0.2) is 4.79 Å². The molecule has 3 aromatic carbocycles. The summed E-state index contributed by atoms with van der Waals surface area (Å²) in [5, 5.41) is 12.3. The van der Waals surface area contributed by atoms with Crippen LogP contribution in [0.25, 0.3) is 11.6 Å². The maximum Gasteiger partial charge on any atom is 0.323 e. The van der Waals surface area contributed by atoms with Gasteiger partial charge in [0.1, 0.15) is 0 Å². The molecule has 0 aliphatic carbocycles. The number of H-pyrrole nitrogens is 1. The molecule has 9 heteroatoms. The first-order valence-electron chi connectivity index (χ1n) is 10.7. The topological polar surface area (TPSA) is 98.1 Å². The molecule has 3 amide bonds. The normalized spacial score (nSPS) is 13.3. The van der Waals surface area contributed by atoms with E-state index in [0.717, 1.165) is 28.3 Å². The minimum Gasteiger partial charge on any atom is -0.362 e. The Morgan fingerprint density at radius 1 is 0.857 bits per heavy atom. The van der Waals surface area contributed by atoms with Gasteiger partial charge >= 0.3 is 6.03 Å². The fourth-order valence-electron chi connectivity index (χ4n) is 3.73. The van der Waals surface area contributed by atoms with Crippen LogP contribution < -0.4 is 21.3 Å². The number of aromatic nitrogens is 1. The number of nitrogens with one attached hydrogen (secondary N) is 5. The number of halogens is 2. The van der Waals surface area contributed by atoms with Crippen molar-refractivity contribution in [2.24, 2.45) is 0 Å². The van der Waals surface area contributed by atoms with Gasteiger partial charge < -0.3 is 26.3 Å². The van der Waals surface area contributed by atoms with E-state index in [1.54, 1.807) is 30.3 Å². The summed E-state index contributed by atoms with van der Waals surface area (Å²) in [6.45, 7) is 0. The van der Waals surface area contributed by atoms with Gasteiger partial charge in [0, 0.05) is 34.5 Å². The van der Waals surface area contributed by atoms with Crippen molar-refractivity contribution in [3.63, 3.8) is 0 Å². The molecule has 174 valence electrons. The molecule has 0 atom stereocenters. The zero-order chi connectivity index (χ0) is 24.4. The van der Waals surface area contributed by atoms with Crippen molar-refractivity contribution >= 4 is 75.2 Å². The van der Waals surface area contributed by atoms with E-state index in [-0.39, 0.29) is 10.9 Å². The van der Waals surface area contributed by atoms with Crippen LogP contribution in [0.5, 0.6) is 0 Å². The summed E-state index contributed by atoms with van der Waals surface area (Å²) in [4.78, 5) is 28.0. The van der Waals surface area contributed by atoms with Crippen molar-refractivity contribution in [2.45, 2.75) is 0 Å². The Morgan fingerprint density at radius 3 is 2.49 bits per heavy atom. The average molecular weight is 504 g/mol. The highest BCUT2D eigenvalue weighted by Crippen LogP contribution is 2.36. The number of hydrogen-bond acceptors (Lipinski definition) is 3. The molecule has 35 heavy (non-hydrogen) atoms. The highest BCUT2D eigenvalue weighted by atomic mass is 35.5. The molecule has 5 rings (SSSR count). The van der Waals surface area contributed by atoms with E-state index in [1.807, 2.05) is 54.7 Å². The number of amides is 3. The second-order valence-corrected chi connectivity index (χ2v) is 8.57. The Bertz CT molecular complexity index is 1460. The smallest absolute Gasteiger partial charge is 0.323 e. The van der Waals surface area contributed by atoms with Crippen molar-refractivity contribution in [2.75, 3.05) is 21.3 Å². The molecule has 0 fully saturated rings. The second kappa shape index (κ2) is 9.58. The number of anilines is 5. The monoisotopic (exact) mass is 503 g/mol. The van der Waals surface area contributed by atoms with Crippen molar-refractivity contribution in [1.29, 1.82) is 0 Å². The molecule has 0 spiro atoms. The van der Waals surface area contributed by atoms with E-state index in [4.69, 9.17) is 23.2 Å². The number of hydrogen-bond donors (Lipinski definition) is 5. The Balaban J connectivity index is 1.29. The van der Waals surface area contributed by atoms with Gasteiger partial charge in [0.05, 0.1) is 27.0 Å². The van der Waals surface area contributed by atoms with Gasteiger partial charge in [-0.1, -0.05) is 41.4 Å². The zero-order valence-electron chi connectivity index (χ0n) is 18.2. The third-order valence-corrected chi connectivity index (χ3v) is 6.15. The van der Waals surface area contributed by atoms with Crippen LogP contribution >= 0.6 is 23.2 Å². The number of carbonyl (C=O) groups excluding carboxylic acids is 2. The fraction of sp³-hybridized carbons (Fsp3) is 0. The molecule has 0 bridgehead atoms. The first-order valence-corrected chi connectivity index (χ1v) is 11.4. The van der Waals surface area contributed by atoms with Crippen LogP contribution in [0.1, 0.15) is 11.3 Å². The van der Waals surface area contributed by atoms with E-state index < -0.39 is 6.03 Å². The number of carbonyl (C=O) groups is 2. The van der Waals surface area contributed by atoms with Gasteiger partial charge in [0.15, 0.2) is 0 Å². The van der Waals surface area contributed by atoms with Gasteiger partial charge in [0.25, 0.3) is 5.91 Å². The van der Waals surface area contributed by atoms with Crippen molar-refractivity contribution in [1.82, 2.24) is 4.98 Å². The molecule has 1 aliphatic rings. The lowest BCUT2D eigenvalue weighted by atomic mass is 10.1.